The molecule has 0 saturated heterocycles. The molecule has 0 aliphatic heterocycles. The van der Waals surface area contributed by atoms with E-state index >= 15 is 0 Å². The van der Waals surface area contributed by atoms with Crippen LogP contribution in [0.15, 0.2) is 35.2 Å². The molecule has 4 atom stereocenters. The first-order valence-electron chi connectivity index (χ1n) is 7.15. The summed E-state index contributed by atoms with van der Waals surface area (Å²) in [5, 5.41) is 0.963. The molecule has 3 saturated carbocycles. The van der Waals surface area contributed by atoms with Gasteiger partial charge in [0.25, 0.3) is 0 Å². The molecule has 2 bridgehead atoms. The van der Waals surface area contributed by atoms with Gasteiger partial charge in [0, 0.05) is 10.1 Å². The smallest absolute Gasteiger partial charge is 0.0157 e. The van der Waals surface area contributed by atoms with Gasteiger partial charge in [-0.15, -0.1) is 11.8 Å². The SMILES string of the molecule is c1ccc(SC2C3CC2C2CCCCC23)cc1. The monoisotopic (exact) mass is 244 g/mol. The summed E-state index contributed by atoms with van der Waals surface area (Å²) in [4.78, 5) is 1.49. The zero-order chi connectivity index (χ0) is 11.2. The summed E-state index contributed by atoms with van der Waals surface area (Å²) in [6.45, 7) is 0. The molecule has 0 nitrogen and oxygen atoms in total. The summed E-state index contributed by atoms with van der Waals surface area (Å²) in [5.74, 6) is 4.34. The van der Waals surface area contributed by atoms with E-state index in [1.165, 1.54) is 30.6 Å². The molecule has 90 valence electrons. The predicted octanol–water partition coefficient (Wildman–Crippen LogP) is 4.60. The minimum atomic E-state index is 0.963. The molecule has 1 aromatic rings. The van der Waals surface area contributed by atoms with Crippen molar-refractivity contribution in [3.05, 3.63) is 30.3 Å². The maximum Gasteiger partial charge on any atom is 0.0157 e. The Morgan fingerprint density at radius 3 is 2.12 bits per heavy atom. The van der Waals surface area contributed by atoms with Gasteiger partial charge in [0.15, 0.2) is 0 Å². The molecule has 0 N–H and O–H groups in total. The van der Waals surface area contributed by atoms with Gasteiger partial charge in [-0.3, -0.25) is 0 Å². The minimum Gasteiger partial charge on any atom is -0.122 e. The van der Waals surface area contributed by atoms with Crippen molar-refractivity contribution in [2.75, 3.05) is 0 Å². The van der Waals surface area contributed by atoms with Crippen LogP contribution in [-0.2, 0) is 0 Å². The molecule has 1 heteroatoms. The molecule has 3 fully saturated rings. The van der Waals surface area contributed by atoms with Crippen molar-refractivity contribution < 1.29 is 0 Å². The molecule has 0 amide bonds. The Labute approximate surface area is 108 Å². The minimum absolute atomic E-state index is 0.963. The Bertz CT molecular complexity index is 381. The molecular weight excluding hydrogens is 224 g/mol. The number of rotatable bonds is 2. The maximum absolute atomic E-state index is 2.28. The lowest BCUT2D eigenvalue weighted by atomic mass is 9.81. The van der Waals surface area contributed by atoms with E-state index < -0.39 is 0 Å². The quantitative estimate of drug-likeness (QED) is 0.732. The Kier molecular flexibility index (Phi) is 2.50. The van der Waals surface area contributed by atoms with E-state index in [9.17, 15) is 0 Å². The number of hydrogen-bond acceptors (Lipinski definition) is 1. The van der Waals surface area contributed by atoms with Crippen molar-refractivity contribution in [3.8, 4) is 0 Å². The summed E-state index contributed by atoms with van der Waals surface area (Å²) < 4.78 is 0. The van der Waals surface area contributed by atoms with Crippen LogP contribution in [-0.4, -0.2) is 5.25 Å². The van der Waals surface area contributed by atoms with Gasteiger partial charge in [0.1, 0.15) is 0 Å². The van der Waals surface area contributed by atoms with Crippen LogP contribution in [0.3, 0.4) is 0 Å². The molecule has 0 radical (unpaired) electrons. The van der Waals surface area contributed by atoms with Gasteiger partial charge in [-0.05, 0) is 55.1 Å². The average Bonchev–Trinajstić information content (AvgIpc) is 2.89. The first kappa shape index (κ1) is 10.5. The number of fused-ring (bicyclic) bond motifs is 5. The highest BCUT2D eigenvalue weighted by molar-refractivity contribution is 8.00. The largest absolute Gasteiger partial charge is 0.122 e. The second-order valence-electron chi connectivity index (χ2n) is 6.07. The number of benzene rings is 1. The molecule has 0 heterocycles. The third-order valence-electron chi connectivity index (χ3n) is 5.38. The van der Waals surface area contributed by atoms with E-state index in [1.807, 2.05) is 0 Å². The van der Waals surface area contributed by atoms with Crippen molar-refractivity contribution in [3.63, 3.8) is 0 Å². The molecular formula is C16H20S. The Morgan fingerprint density at radius 1 is 0.824 bits per heavy atom. The standard InChI is InChI=1S/C16H20S/c1-2-6-11(7-3-1)17-16-14-10-15(16)13-9-5-4-8-12(13)14/h1-3,6-7,12-16H,4-5,8-10H2. The molecule has 17 heavy (non-hydrogen) atoms. The van der Waals surface area contributed by atoms with Crippen LogP contribution in [0, 0.1) is 23.7 Å². The Morgan fingerprint density at radius 2 is 1.47 bits per heavy atom. The highest BCUT2D eigenvalue weighted by atomic mass is 32.2. The zero-order valence-corrected chi connectivity index (χ0v) is 11.0. The normalized spacial score (nSPS) is 42.9. The second-order valence-corrected chi connectivity index (χ2v) is 7.32. The zero-order valence-electron chi connectivity index (χ0n) is 10.2. The van der Waals surface area contributed by atoms with E-state index in [4.69, 9.17) is 0 Å². The predicted molar refractivity (Wildman–Crippen MR) is 73.1 cm³/mol. The van der Waals surface area contributed by atoms with Crippen molar-refractivity contribution >= 4 is 11.8 Å². The molecule has 3 aliphatic carbocycles. The molecule has 4 unspecified atom stereocenters. The van der Waals surface area contributed by atoms with E-state index in [2.05, 4.69) is 42.1 Å². The number of hydrogen-bond donors (Lipinski definition) is 0. The summed E-state index contributed by atoms with van der Waals surface area (Å²) in [5.41, 5.74) is 0. The van der Waals surface area contributed by atoms with Crippen LogP contribution in [0.25, 0.3) is 0 Å². The van der Waals surface area contributed by atoms with Crippen molar-refractivity contribution in [2.45, 2.75) is 42.2 Å². The van der Waals surface area contributed by atoms with Crippen molar-refractivity contribution in [1.29, 1.82) is 0 Å². The highest BCUT2D eigenvalue weighted by Crippen LogP contribution is 2.65. The lowest BCUT2D eigenvalue weighted by molar-refractivity contribution is 0.270. The molecule has 0 spiro atoms. The van der Waals surface area contributed by atoms with Crippen molar-refractivity contribution in [2.24, 2.45) is 23.7 Å². The van der Waals surface area contributed by atoms with Crippen LogP contribution in [0.1, 0.15) is 32.1 Å². The lowest BCUT2D eigenvalue weighted by Crippen LogP contribution is -2.32. The Balaban J connectivity index is 1.51. The van der Waals surface area contributed by atoms with Gasteiger partial charge in [-0.2, -0.15) is 0 Å². The topological polar surface area (TPSA) is 0 Å². The first-order valence-corrected chi connectivity index (χ1v) is 8.03. The summed E-state index contributed by atoms with van der Waals surface area (Å²) in [6.07, 6.45) is 7.65. The maximum atomic E-state index is 2.28. The Hall–Kier alpha value is -0.430. The average molecular weight is 244 g/mol. The van der Waals surface area contributed by atoms with E-state index in [0.29, 0.717) is 0 Å². The van der Waals surface area contributed by atoms with E-state index in [0.717, 1.165) is 28.9 Å². The second kappa shape index (κ2) is 4.05. The van der Waals surface area contributed by atoms with Crippen molar-refractivity contribution in [1.82, 2.24) is 0 Å². The van der Waals surface area contributed by atoms with Gasteiger partial charge >= 0.3 is 0 Å². The van der Waals surface area contributed by atoms with E-state index in [-0.39, 0.29) is 0 Å². The van der Waals surface area contributed by atoms with Gasteiger partial charge in [0.05, 0.1) is 0 Å². The highest BCUT2D eigenvalue weighted by Gasteiger charge is 2.59. The number of thioether (sulfide) groups is 1. The van der Waals surface area contributed by atoms with Crippen LogP contribution < -0.4 is 0 Å². The molecule has 3 aliphatic rings. The molecule has 4 rings (SSSR count). The summed E-state index contributed by atoms with van der Waals surface area (Å²) >= 11 is 2.18. The van der Waals surface area contributed by atoms with Gasteiger partial charge < -0.3 is 0 Å². The van der Waals surface area contributed by atoms with Crippen LogP contribution in [0.4, 0.5) is 0 Å². The van der Waals surface area contributed by atoms with Gasteiger partial charge in [-0.1, -0.05) is 31.0 Å². The third kappa shape index (κ3) is 1.58. The van der Waals surface area contributed by atoms with E-state index in [1.54, 1.807) is 6.42 Å². The summed E-state index contributed by atoms with van der Waals surface area (Å²) in [6, 6.07) is 11.0. The van der Waals surface area contributed by atoms with Crippen LogP contribution in [0.5, 0.6) is 0 Å². The third-order valence-corrected chi connectivity index (χ3v) is 6.89. The fourth-order valence-electron chi connectivity index (χ4n) is 4.62. The van der Waals surface area contributed by atoms with Gasteiger partial charge in [0.2, 0.25) is 0 Å². The van der Waals surface area contributed by atoms with Crippen LogP contribution in [0.2, 0.25) is 0 Å². The summed E-state index contributed by atoms with van der Waals surface area (Å²) in [7, 11) is 0. The fourth-order valence-corrected chi connectivity index (χ4v) is 6.23. The fraction of sp³-hybridized carbons (Fsp3) is 0.625. The first-order chi connectivity index (χ1) is 8.43. The van der Waals surface area contributed by atoms with Crippen LogP contribution >= 0.6 is 11.8 Å². The molecule has 0 aromatic heterocycles. The van der Waals surface area contributed by atoms with Gasteiger partial charge in [-0.25, -0.2) is 0 Å². The molecule has 1 aromatic carbocycles. The lowest BCUT2D eigenvalue weighted by Gasteiger charge is -2.36.